The van der Waals surface area contributed by atoms with Gasteiger partial charge in [-0.2, -0.15) is 0 Å². The fourth-order valence-corrected chi connectivity index (χ4v) is 2.45. The zero-order valence-electron chi connectivity index (χ0n) is 8.25. The standard InChI is InChI=1S/C11H11NO2S/c1-8-12(11(13)14)10(7-15-8)9-5-3-2-4-6-9/h2-8H,1H3,(H,13,14). The molecule has 1 atom stereocenters. The average Bonchev–Trinajstić information content (AvgIpc) is 2.61. The van der Waals surface area contributed by atoms with Crippen molar-refractivity contribution in [2.24, 2.45) is 0 Å². The van der Waals surface area contributed by atoms with Crippen LogP contribution in [0.15, 0.2) is 35.7 Å². The summed E-state index contributed by atoms with van der Waals surface area (Å²) >= 11 is 1.52. The van der Waals surface area contributed by atoms with Gasteiger partial charge in [-0.05, 0) is 17.9 Å². The summed E-state index contributed by atoms with van der Waals surface area (Å²) < 4.78 is 0. The van der Waals surface area contributed by atoms with Gasteiger partial charge in [0.25, 0.3) is 0 Å². The zero-order valence-corrected chi connectivity index (χ0v) is 9.07. The van der Waals surface area contributed by atoms with E-state index < -0.39 is 6.09 Å². The number of nitrogens with zero attached hydrogens (tertiary/aromatic N) is 1. The van der Waals surface area contributed by atoms with E-state index >= 15 is 0 Å². The molecule has 0 fully saturated rings. The molecule has 0 saturated heterocycles. The summed E-state index contributed by atoms with van der Waals surface area (Å²) in [7, 11) is 0. The van der Waals surface area contributed by atoms with E-state index in [0.29, 0.717) is 0 Å². The van der Waals surface area contributed by atoms with Crippen molar-refractivity contribution in [2.75, 3.05) is 0 Å². The highest BCUT2D eigenvalue weighted by Gasteiger charge is 2.29. The van der Waals surface area contributed by atoms with Gasteiger partial charge in [-0.15, -0.1) is 11.8 Å². The summed E-state index contributed by atoms with van der Waals surface area (Å²) in [4.78, 5) is 12.5. The molecule has 1 N–H and O–H groups in total. The molecule has 1 unspecified atom stereocenters. The molecular formula is C11H11NO2S. The van der Waals surface area contributed by atoms with Gasteiger partial charge < -0.3 is 5.11 Å². The van der Waals surface area contributed by atoms with Gasteiger partial charge in [0, 0.05) is 0 Å². The molecule has 3 nitrogen and oxygen atoms in total. The first-order chi connectivity index (χ1) is 7.20. The number of thioether (sulfide) groups is 1. The fraction of sp³-hybridized carbons (Fsp3) is 0.182. The van der Waals surface area contributed by atoms with Crippen molar-refractivity contribution < 1.29 is 9.90 Å². The Labute approximate surface area is 92.4 Å². The molecule has 1 heterocycles. The summed E-state index contributed by atoms with van der Waals surface area (Å²) in [6, 6.07) is 9.56. The van der Waals surface area contributed by atoms with Crippen LogP contribution in [-0.4, -0.2) is 21.5 Å². The molecule has 1 amide bonds. The van der Waals surface area contributed by atoms with Crippen LogP contribution < -0.4 is 0 Å². The topological polar surface area (TPSA) is 40.5 Å². The predicted molar refractivity (Wildman–Crippen MR) is 61.3 cm³/mol. The summed E-state index contributed by atoms with van der Waals surface area (Å²) in [5, 5.41) is 10.9. The molecule has 1 aliphatic rings. The van der Waals surface area contributed by atoms with E-state index in [9.17, 15) is 4.79 Å². The van der Waals surface area contributed by atoms with Gasteiger partial charge in [-0.25, -0.2) is 4.79 Å². The normalized spacial score (nSPS) is 20.2. The highest BCUT2D eigenvalue weighted by Crippen LogP contribution is 2.36. The van der Waals surface area contributed by atoms with Gasteiger partial charge in [0.1, 0.15) is 0 Å². The number of hydrogen-bond acceptors (Lipinski definition) is 2. The maximum absolute atomic E-state index is 11.1. The Morgan fingerprint density at radius 1 is 1.40 bits per heavy atom. The summed E-state index contributed by atoms with van der Waals surface area (Å²) in [6.45, 7) is 1.88. The molecule has 0 aromatic heterocycles. The van der Waals surface area contributed by atoms with Crippen molar-refractivity contribution in [3.8, 4) is 0 Å². The van der Waals surface area contributed by atoms with Gasteiger partial charge in [0.05, 0.1) is 11.1 Å². The number of amides is 1. The number of benzene rings is 1. The second-order valence-corrected chi connectivity index (χ2v) is 4.45. The monoisotopic (exact) mass is 221 g/mol. The van der Waals surface area contributed by atoms with Crippen molar-refractivity contribution in [1.29, 1.82) is 0 Å². The Bertz CT molecular complexity index is 402. The molecule has 0 saturated carbocycles. The van der Waals surface area contributed by atoms with E-state index in [1.807, 2.05) is 42.7 Å². The SMILES string of the molecule is CC1SC=C(c2ccccc2)N1C(=O)O. The molecule has 78 valence electrons. The summed E-state index contributed by atoms with van der Waals surface area (Å²) in [5.41, 5.74) is 1.71. The second-order valence-electron chi connectivity index (χ2n) is 3.26. The first-order valence-electron chi connectivity index (χ1n) is 4.63. The molecule has 0 radical (unpaired) electrons. The second kappa shape index (κ2) is 3.98. The third-order valence-electron chi connectivity index (χ3n) is 2.28. The van der Waals surface area contributed by atoms with Gasteiger partial charge >= 0.3 is 6.09 Å². The molecule has 2 rings (SSSR count). The minimum absolute atomic E-state index is 0.0438. The smallest absolute Gasteiger partial charge is 0.412 e. The Morgan fingerprint density at radius 2 is 2.07 bits per heavy atom. The van der Waals surface area contributed by atoms with Crippen LogP contribution in [0.4, 0.5) is 4.79 Å². The quantitative estimate of drug-likeness (QED) is 0.792. The first-order valence-corrected chi connectivity index (χ1v) is 5.57. The predicted octanol–water partition coefficient (Wildman–Crippen LogP) is 3.06. The number of rotatable bonds is 1. The molecule has 4 heteroatoms. The molecule has 15 heavy (non-hydrogen) atoms. The van der Waals surface area contributed by atoms with Crippen molar-refractivity contribution in [2.45, 2.75) is 12.3 Å². The third kappa shape index (κ3) is 1.85. The Kier molecular flexibility index (Phi) is 2.68. The lowest BCUT2D eigenvalue weighted by molar-refractivity contribution is 0.165. The minimum Gasteiger partial charge on any atom is -0.465 e. The minimum atomic E-state index is -0.900. The van der Waals surface area contributed by atoms with Gasteiger partial charge in [-0.1, -0.05) is 30.3 Å². The van der Waals surface area contributed by atoms with Crippen LogP contribution in [0.5, 0.6) is 0 Å². The fourth-order valence-electron chi connectivity index (χ4n) is 1.55. The Balaban J connectivity index is 2.34. The van der Waals surface area contributed by atoms with Crippen molar-refractivity contribution in [3.05, 3.63) is 41.3 Å². The van der Waals surface area contributed by atoms with E-state index in [4.69, 9.17) is 5.11 Å². The van der Waals surface area contributed by atoms with E-state index in [0.717, 1.165) is 11.3 Å². The van der Waals surface area contributed by atoms with Crippen LogP contribution >= 0.6 is 11.8 Å². The Morgan fingerprint density at radius 3 is 2.67 bits per heavy atom. The summed E-state index contributed by atoms with van der Waals surface area (Å²) in [6.07, 6.45) is -0.900. The molecular weight excluding hydrogens is 210 g/mol. The molecule has 0 aliphatic carbocycles. The van der Waals surface area contributed by atoms with E-state index in [-0.39, 0.29) is 5.37 Å². The maximum atomic E-state index is 11.1. The first kappa shape index (κ1) is 10.1. The highest BCUT2D eigenvalue weighted by atomic mass is 32.2. The van der Waals surface area contributed by atoms with Crippen LogP contribution in [0.25, 0.3) is 5.70 Å². The Hall–Kier alpha value is -1.42. The van der Waals surface area contributed by atoms with Gasteiger partial charge in [0.15, 0.2) is 0 Å². The average molecular weight is 221 g/mol. The number of hydrogen-bond donors (Lipinski definition) is 1. The van der Waals surface area contributed by atoms with E-state index in [2.05, 4.69) is 0 Å². The van der Waals surface area contributed by atoms with Crippen LogP contribution in [0.3, 0.4) is 0 Å². The van der Waals surface area contributed by atoms with Crippen molar-refractivity contribution in [1.82, 2.24) is 4.90 Å². The van der Waals surface area contributed by atoms with Crippen LogP contribution in [0.1, 0.15) is 12.5 Å². The lowest BCUT2D eigenvalue weighted by atomic mass is 10.1. The zero-order chi connectivity index (χ0) is 10.8. The molecule has 0 spiro atoms. The number of carbonyl (C=O) groups is 1. The molecule has 1 aromatic rings. The largest absolute Gasteiger partial charge is 0.465 e. The maximum Gasteiger partial charge on any atom is 0.412 e. The number of carboxylic acid groups (broad SMARTS) is 1. The van der Waals surface area contributed by atoms with Crippen molar-refractivity contribution in [3.63, 3.8) is 0 Å². The van der Waals surface area contributed by atoms with Crippen LogP contribution in [0.2, 0.25) is 0 Å². The van der Waals surface area contributed by atoms with Crippen LogP contribution in [-0.2, 0) is 0 Å². The lowest BCUT2D eigenvalue weighted by Crippen LogP contribution is -2.30. The van der Waals surface area contributed by atoms with E-state index in [1.54, 1.807) is 0 Å². The highest BCUT2D eigenvalue weighted by molar-refractivity contribution is 8.03. The molecule has 0 bridgehead atoms. The van der Waals surface area contributed by atoms with Crippen molar-refractivity contribution >= 4 is 23.6 Å². The third-order valence-corrected chi connectivity index (χ3v) is 3.24. The lowest BCUT2D eigenvalue weighted by Gasteiger charge is -2.20. The van der Waals surface area contributed by atoms with Gasteiger partial charge in [-0.3, -0.25) is 4.90 Å². The van der Waals surface area contributed by atoms with Crippen LogP contribution in [0, 0.1) is 0 Å². The van der Waals surface area contributed by atoms with Gasteiger partial charge in [0.2, 0.25) is 0 Å². The summed E-state index contributed by atoms with van der Waals surface area (Å²) in [5.74, 6) is 0. The van der Waals surface area contributed by atoms with E-state index in [1.165, 1.54) is 16.7 Å². The molecule has 1 aliphatic heterocycles. The molecule has 1 aromatic carbocycles.